The van der Waals surface area contributed by atoms with Gasteiger partial charge in [-0.05, 0) is 35.6 Å². The molecule has 3 aromatic rings. The molecular formula is C22H32N4O. The van der Waals surface area contributed by atoms with Crippen molar-refractivity contribution in [1.29, 1.82) is 0 Å². The topological polar surface area (TPSA) is 63.6 Å². The van der Waals surface area contributed by atoms with Gasteiger partial charge in [0.2, 0.25) is 0 Å². The molecule has 0 fully saturated rings. The van der Waals surface area contributed by atoms with Crippen LogP contribution < -0.4 is 0 Å². The summed E-state index contributed by atoms with van der Waals surface area (Å²) in [7, 11) is 2.02. The van der Waals surface area contributed by atoms with Crippen molar-refractivity contribution in [3.05, 3.63) is 35.7 Å². The number of nitrogens with one attached hydrogen (secondary N) is 1. The molecule has 0 bridgehead atoms. The predicted molar refractivity (Wildman–Crippen MR) is 112 cm³/mol. The summed E-state index contributed by atoms with van der Waals surface area (Å²) >= 11 is 0. The normalized spacial score (nSPS) is 12.3. The van der Waals surface area contributed by atoms with E-state index in [1.807, 2.05) is 33.9 Å². The number of aromatic amines is 1. The molecule has 3 rings (SSSR count). The van der Waals surface area contributed by atoms with Crippen LogP contribution >= 0.6 is 0 Å². The summed E-state index contributed by atoms with van der Waals surface area (Å²) < 4.78 is 2.08. The number of H-pyrrole nitrogens is 1. The van der Waals surface area contributed by atoms with E-state index in [1.54, 1.807) is 6.07 Å². The van der Waals surface area contributed by atoms with Gasteiger partial charge < -0.3 is 9.55 Å². The maximum Gasteiger partial charge on any atom is 0.186 e. The lowest BCUT2D eigenvalue weighted by molar-refractivity contribution is 0.0853. The average Bonchev–Trinajstić information content (AvgIpc) is 3.05. The van der Waals surface area contributed by atoms with Gasteiger partial charge in [0.15, 0.2) is 17.3 Å². The van der Waals surface area contributed by atoms with Crippen LogP contribution in [-0.2, 0) is 13.5 Å². The number of ketones is 1. The van der Waals surface area contributed by atoms with Crippen molar-refractivity contribution < 1.29 is 4.79 Å². The number of carbonyl (C=O) groups is 1. The highest BCUT2D eigenvalue weighted by Gasteiger charge is 2.24. The van der Waals surface area contributed by atoms with E-state index in [-0.39, 0.29) is 18.6 Å². The zero-order chi connectivity index (χ0) is 19.3. The number of imidazole rings is 1. The van der Waals surface area contributed by atoms with Gasteiger partial charge >= 0.3 is 0 Å². The van der Waals surface area contributed by atoms with E-state index in [9.17, 15) is 4.79 Å². The minimum atomic E-state index is -0.459. The summed E-state index contributed by atoms with van der Waals surface area (Å²) in [5.41, 5.74) is 3.95. The minimum absolute atomic E-state index is 0. The first kappa shape index (κ1) is 20.9. The van der Waals surface area contributed by atoms with Gasteiger partial charge in [0.1, 0.15) is 5.69 Å². The van der Waals surface area contributed by atoms with Gasteiger partial charge in [0.05, 0.1) is 11.2 Å². The van der Waals surface area contributed by atoms with Crippen molar-refractivity contribution in [1.82, 2.24) is 19.5 Å². The fourth-order valence-electron chi connectivity index (χ4n) is 3.10. The first-order chi connectivity index (χ1) is 11.9. The van der Waals surface area contributed by atoms with Crippen LogP contribution in [-0.4, -0.2) is 25.3 Å². The first-order valence-electron chi connectivity index (χ1n) is 9.01. The van der Waals surface area contributed by atoms with Crippen LogP contribution in [0.3, 0.4) is 0 Å². The third kappa shape index (κ3) is 4.46. The van der Waals surface area contributed by atoms with Crippen LogP contribution in [0.25, 0.3) is 22.7 Å². The number of Topliss-reactive ketones (excluding diaryl/α,β-unsaturated/α-hetero) is 1. The van der Waals surface area contributed by atoms with E-state index in [0.29, 0.717) is 11.3 Å². The van der Waals surface area contributed by atoms with Crippen molar-refractivity contribution in [3.8, 4) is 11.5 Å². The average molecular weight is 369 g/mol. The maximum atomic E-state index is 12.5. The maximum absolute atomic E-state index is 12.5. The smallest absolute Gasteiger partial charge is 0.186 e. The number of pyridine rings is 1. The molecule has 3 heterocycles. The molecule has 0 aliphatic carbocycles. The second-order valence-electron chi connectivity index (χ2n) is 9.31. The Bertz CT molecular complexity index is 965. The Morgan fingerprint density at radius 1 is 1.11 bits per heavy atom. The summed E-state index contributed by atoms with van der Waals surface area (Å²) in [5.74, 6) is 0.797. The number of hydrogen-bond acceptors (Lipinski definition) is 3. The number of nitrogens with zero attached hydrogens (tertiary/aromatic N) is 3. The van der Waals surface area contributed by atoms with Gasteiger partial charge in [-0.25, -0.2) is 9.97 Å². The van der Waals surface area contributed by atoms with Gasteiger partial charge in [0, 0.05) is 18.7 Å². The van der Waals surface area contributed by atoms with E-state index < -0.39 is 5.41 Å². The molecule has 0 saturated heterocycles. The van der Waals surface area contributed by atoms with E-state index >= 15 is 0 Å². The van der Waals surface area contributed by atoms with Crippen LogP contribution in [0, 0.1) is 10.8 Å². The SMILES string of the molecule is C.Cn1cc(CC(C)(C)C)cc1-c1nc2nc(C(=O)C(C)(C)C)ccc2[nH]1. The molecule has 0 saturated carbocycles. The highest BCUT2D eigenvalue weighted by Crippen LogP contribution is 2.27. The Morgan fingerprint density at radius 2 is 1.78 bits per heavy atom. The Hall–Kier alpha value is -2.43. The first-order valence-corrected chi connectivity index (χ1v) is 9.01. The molecule has 5 heteroatoms. The third-order valence-electron chi connectivity index (χ3n) is 4.30. The molecule has 0 radical (unpaired) electrons. The van der Waals surface area contributed by atoms with Crippen molar-refractivity contribution in [3.63, 3.8) is 0 Å². The number of aromatic nitrogens is 4. The summed E-state index contributed by atoms with van der Waals surface area (Å²) in [6.45, 7) is 12.4. The quantitative estimate of drug-likeness (QED) is 0.628. The van der Waals surface area contributed by atoms with Crippen molar-refractivity contribution in [2.24, 2.45) is 17.9 Å². The van der Waals surface area contributed by atoms with E-state index in [2.05, 4.69) is 52.6 Å². The lowest BCUT2D eigenvalue weighted by Gasteiger charge is -2.16. The Labute approximate surface area is 162 Å². The number of aryl methyl sites for hydroxylation is 1. The number of rotatable bonds is 3. The molecule has 0 amide bonds. The summed E-state index contributed by atoms with van der Waals surface area (Å²) in [6.07, 6.45) is 3.15. The Kier molecular flexibility index (Phi) is 5.37. The van der Waals surface area contributed by atoms with Crippen LogP contribution in [0.5, 0.6) is 0 Å². The predicted octanol–water partition coefficient (Wildman–Crippen LogP) is 5.42. The molecule has 0 atom stereocenters. The van der Waals surface area contributed by atoms with Crippen LogP contribution in [0.4, 0.5) is 0 Å². The van der Waals surface area contributed by atoms with Gasteiger partial charge in [-0.3, -0.25) is 4.79 Å². The van der Waals surface area contributed by atoms with Gasteiger partial charge in [-0.2, -0.15) is 0 Å². The van der Waals surface area contributed by atoms with E-state index in [0.717, 1.165) is 23.5 Å². The van der Waals surface area contributed by atoms with Crippen molar-refractivity contribution >= 4 is 16.9 Å². The molecule has 1 N–H and O–H groups in total. The van der Waals surface area contributed by atoms with Gasteiger partial charge in [-0.15, -0.1) is 0 Å². The number of carbonyl (C=O) groups excluding carboxylic acids is 1. The zero-order valence-electron chi connectivity index (χ0n) is 16.8. The molecule has 27 heavy (non-hydrogen) atoms. The van der Waals surface area contributed by atoms with E-state index in [1.165, 1.54) is 5.56 Å². The van der Waals surface area contributed by atoms with Gasteiger partial charge in [-0.1, -0.05) is 49.0 Å². The zero-order valence-corrected chi connectivity index (χ0v) is 16.8. The molecule has 0 aromatic carbocycles. The van der Waals surface area contributed by atoms with Crippen LogP contribution in [0.15, 0.2) is 24.4 Å². The second-order valence-corrected chi connectivity index (χ2v) is 9.31. The summed E-state index contributed by atoms with van der Waals surface area (Å²) in [6, 6.07) is 5.83. The number of hydrogen-bond donors (Lipinski definition) is 1. The Balaban J connectivity index is 0.00000261. The summed E-state index contributed by atoms with van der Waals surface area (Å²) in [5, 5.41) is 0. The molecule has 0 unspecified atom stereocenters. The van der Waals surface area contributed by atoms with Crippen molar-refractivity contribution in [2.75, 3.05) is 0 Å². The lowest BCUT2D eigenvalue weighted by atomic mass is 9.89. The molecular weight excluding hydrogens is 336 g/mol. The minimum Gasteiger partial charge on any atom is -0.348 e. The standard InChI is InChI=1S/C21H28N4O.CH4/c1-20(2,3)11-13-10-16(25(7)12-13)19-23-15-9-8-14(22-18(15)24-19)17(26)21(4,5)6;/h8-10,12H,11H2,1-7H3,(H,22,23,24);1H4. The Morgan fingerprint density at radius 3 is 2.37 bits per heavy atom. The fourth-order valence-corrected chi connectivity index (χ4v) is 3.10. The fraction of sp³-hybridized carbons (Fsp3) is 0.500. The largest absolute Gasteiger partial charge is 0.348 e. The van der Waals surface area contributed by atoms with E-state index in [4.69, 9.17) is 0 Å². The third-order valence-corrected chi connectivity index (χ3v) is 4.30. The number of fused-ring (bicyclic) bond motifs is 1. The van der Waals surface area contributed by atoms with Crippen LogP contribution in [0.2, 0.25) is 0 Å². The molecule has 0 aliphatic rings. The highest BCUT2D eigenvalue weighted by atomic mass is 16.1. The molecule has 146 valence electrons. The summed E-state index contributed by atoms with van der Waals surface area (Å²) in [4.78, 5) is 24.9. The lowest BCUT2D eigenvalue weighted by Crippen LogP contribution is -2.21. The second kappa shape index (κ2) is 6.95. The van der Waals surface area contributed by atoms with Crippen molar-refractivity contribution in [2.45, 2.75) is 55.4 Å². The molecule has 0 spiro atoms. The highest BCUT2D eigenvalue weighted by molar-refractivity contribution is 5.99. The molecule has 5 nitrogen and oxygen atoms in total. The van der Waals surface area contributed by atoms with Crippen LogP contribution in [0.1, 0.15) is 65.0 Å². The molecule has 0 aliphatic heterocycles. The van der Waals surface area contributed by atoms with Gasteiger partial charge in [0.25, 0.3) is 0 Å². The monoisotopic (exact) mass is 368 g/mol. The molecule has 3 aromatic heterocycles.